The quantitative estimate of drug-likeness (QED) is 0.510. The highest BCUT2D eigenvalue weighted by atomic mass is 16.6. The summed E-state index contributed by atoms with van der Waals surface area (Å²) >= 11 is 0. The average Bonchev–Trinajstić information content (AvgIpc) is 2.71. The number of rotatable bonds is 1. The molecule has 0 radical (unpaired) electrons. The van der Waals surface area contributed by atoms with Gasteiger partial charge in [-0.1, -0.05) is 0 Å². The lowest BCUT2D eigenvalue weighted by Crippen LogP contribution is -1.88. The minimum atomic E-state index is 0.186. The van der Waals surface area contributed by atoms with E-state index < -0.39 is 0 Å². The second-order valence-electron chi connectivity index (χ2n) is 1.93. The zero-order valence-electron chi connectivity index (χ0n) is 4.82. The third-order valence-electron chi connectivity index (χ3n) is 1.21. The molecule has 0 bridgehead atoms. The maximum absolute atomic E-state index is 4.97. The molecule has 0 saturated carbocycles. The first-order valence-corrected chi connectivity index (χ1v) is 2.85. The Hall–Kier alpha value is -0.960. The number of epoxide rings is 1. The Morgan fingerprint density at radius 1 is 1.44 bits per heavy atom. The van der Waals surface area contributed by atoms with E-state index in [1.165, 1.54) is 0 Å². The highest BCUT2D eigenvalue weighted by Crippen LogP contribution is 2.25. The SMILES string of the molecule is c1cnc([C@H]2CO2)nc1. The van der Waals surface area contributed by atoms with E-state index in [4.69, 9.17) is 4.74 Å². The van der Waals surface area contributed by atoms with Crippen LogP contribution < -0.4 is 0 Å². The third kappa shape index (κ3) is 0.907. The van der Waals surface area contributed by atoms with Gasteiger partial charge in [-0.05, 0) is 6.07 Å². The molecule has 2 rings (SSSR count). The van der Waals surface area contributed by atoms with E-state index in [9.17, 15) is 0 Å². The number of nitrogens with zero attached hydrogens (tertiary/aromatic N) is 2. The first-order valence-electron chi connectivity index (χ1n) is 2.85. The molecule has 0 aliphatic carbocycles. The van der Waals surface area contributed by atoms with Gasteiger partial charge in [0.15, 0.2) is 5.82 Å². The summed E-state index contributed by atoms with van der Waals surface area (Å²) in [7, 11) is 0. The standard InChI is InChI=1S/C6H6N2O/c1-2-7-6(8-3-1)5-4-9-5/h1-3,5H,4H2/t5-/m1/s1. The normalized spacial score (nSPS) is 23.8. The number of hydrogen-bond acceptors (Lipinski definition) is 3. The van der Waals surface area contributed by atoms with E-state index in [2.05, 4.69) is 9.97 Å². The van der Waals surface area contributed by atoms with E-state index in [0.717, 1.165) is 12.4 Å². The topological polar surface area (TPSA) is 38.3 Å². The average molecular weight is 122 g/mol. The van der Waals surface area contributed by atoms with E-state index in [1.807, 2.05) is 0 Å². The van der Waals surface area contributed by atoms with E-state index in [1.54, 1.807) is 18.5 Å². The minimum Gasteiger partial charge on any atom is -0.365 e. The Bertz CT molecular complexity index is 195. The highest BCUT2D eigenvalue weighted by Gasteiger charge is 2.26. The molecule has 0 amide bonds. The summed E-state index contributed by atoms with van der Waals surface area (Å²) in [6.45, 7) is 0.782. The lowest BCUT2D eigenvalue weighted by atomic mass is 10.4. The molecule has 3 heteroatoms. The molecular weight excluding hydrogens is 116 g/mol. The van der Waals surface area contributed by atoms with Crippen LogP contribution in [0.1, 0.15) is 11.9 Å². The van der Waals surface area contributed by atoms with Crippen LogP contribution >= 0.6 is 0 Å². The van der Waals surface area contributed by atoms with Crippen molar-refractivity contribution in [3.8, 4) is 0 Å². The summed E-state index contributed by atoms with van der Waals surface area (Å²) < 4.78 is 4.97. The fourth-order valence-electron chi connectivity index (χ4n) is 0.674. The lowest BCUT2D eigenvalue weighted by molar-refractivity contribution is 0.406. The smallest absolute Gasteiger partial charge is 0.159 e. The van der Waals surface area contributed by atoms with E-state index in [-0.39, 0.29) is 6.10 Å². The number of hydrogen-bond donors (Lipinski definition) is 0. The molecule has 1 aromatic heterocycles. The van der Waals surface area contributed by atoms with E-state index in [0.29, 0.717) is 0 Å². The molecule has 1 aliphatic rings. The Balaban J connectivity index is 2.29. The van der Waals surface area contributed by atoms with Gasteiger partial charge in [0.05, 0.1) is 6.61 Å². The first kappa shape index (κ1) is 4.88. The van der Waals surface area contributed by atoms with Gasteiger partial charge in [0.25, 0.3) is 0 Å². The zero-order chi connectivity index (χ0) is 6.10. The Morgan fingerprint density at radius 2 is 2.11 bits per heavy atom. The first-order chi connectivity index (χ1) is 4.47. The summed E-state index contributed by atoms with van der Waals surface area (Å²) in [6.07, 6.45) is 3.64. The van der Waals surface area contributed by atoms with Crippen molar-refractivity contribution in [2.45, 2.75) is 6.10 Å². The molecule has 1 saturated heterocycles. The molecular formula is C6H6N2O. The van der Waals surface area contributed by atoms with Crippen LogP contribution in [0.4, 0.5) is 0 Å². The Morgan fingerprint density at radius 3 is 2.67 bits per heavy atom. The van der Waals surface area contributed by atoms with Gasteiger partial charge in [0.2, 0.25) is 0 Å². The molecule has 2 heterocycles. The molecule has 0 unspecified atom stereocenters. The van der Waals surface area contributed by atoms with Crippen LogP contribution in [0.3, 0.4) is 0 Å². The third-order valence-corrected chi connectivity index (χ3v) is 1.21. The summed E-state index contributed by atoms with van der Waals surface area (Å²) in [5.74, 6) is 0.803. The van der Waals surface area contributed by atoms with Crippen LogP contribution in [-0.4, -0.2) is 16.6 Å². The highest BCUT2D eigenvalue weighted by molar-refractivity contribution is 4.97. The van der Waals surface area contributed by atoms with Crippen molar-refractivity contribution in [3.05, 3.63) is 24.3 Å². The summed E-state index contributed by atoms with van der Waals surface area (Å²) in [6, 6.07) is 1.80. The van der Waals surface area contributed by atoms with Crippen molar-refractivity contribution >= 4 is 0 Å². The van der Waals surface area contributed by atoms with Crippen LogP contribution in [0, 0.1) is 0 Å². The molecule has 3 nitrogen and oxygen atoms in total. The van der Waals surface area contributed by atoms with Crippen LogP contribution in [0.15, 0.2) is 18.5 Å². The van der Waals surface area contributed by atoms with Crippen molar-refractivity contribution in [2.75, 3.05) is 6.61 Å². The molecule has 1 atom stereocenters. The van der Waals surface area contributed by atoms with Crippen LogP contribution in [0.5, 0.6) is 0 Å². The fourth-order valence-corrected chi connectivity index (χ4v) is 0.674. The van der Waals surface area contributed by atoms with Gasteiger partial charge in [-0.3, -0.25) is 0 Å². The molecule has 9 heavy (non-hydrogen) atoms. The zero-order valence-corrected chi connectivity index (χ0v) is 4.82. The second-order valence-corrected chi connectivity index (χ2v) is 1.93. The molecule has 1 aliphatic heterocycles. The van der Waals surface area contributed by atoms with Crippen molar-refractivity contribution in [2.24, 2.45) is 0 Å². The van der Waals surface area contributed by atoms with Gasteiger partial charge >= 0.3 is 0 Å². The summed E-state index contributed by atoms with van der Waals surface area (Å²) in [5, 5.41) is 0. The van der Waals surface area contributed by atoms with Crippen molar-refractivity contribution in [3.63, 3.8) is 0 Å². The van der Waals surface area contributed by atoms with Gasteiger partial charge in [0, 0.05) is 12.4 Å². The molecule has 0 N–H and O–H groups in total. The Labute approximate surface area is 52.7 Å². The largest absolute Gasteiger partial charge is 0.365 e. The van der Waals surface area contributed by atoms with Gasteiger partial charge in [0.1, 0.15) is 6.10 Å². The maximum Gasteiger partial charge on any atom is 0.159 e. The summed E-state index contributed by atoms with van der Waals surface area (Å²) in [4.78, 5) is 8.01. The molecule has 0 aromatic carbocycles. The van der Waals surface area contributed by atoms with Gasteiger partial charge in [-0.2, -0.15) is 0 Å². The Kier molecular flexibility index (Phi) is 0.960. The monoisotopic (exact) mass is 122 g/mol. The predicted octanol–water partition coefficient (Wildman–Crippen LogP) is 0.548. The summed E-state index contributed by atoms with van der Waals surface area (Å²) in [5.41, 5.74) is 0. The predicted molar refractivity (Wildman–Crippen MR) is 30.7 cm³/mol. The molecule has 1 aromatic rings. The van der Waals surface area contributed by atoms with E-state index >= 15 is 0 Å². The molecule has 0 spiro atoms. The second kappa shape index (κ2) is 1.77. The van der Waals surface area contributed by atoms with Crippen LogP contribution in [0.25, 0.3) is 0 Å². The molecule has 46 valence electrons. The number of ether oxygens (including phenoxy) is 1. The van der Waals surface area contributed by atoms with Crippen LogP contribution in [0.2, 0.25) is 0 Å². The number of aromatic nitrogens is 2. The van der Waals surface area contributed by atoms with Gasteiger partial charge in [-0.15, -0.1) is 0 Å². The van der Waals surface area contributed by atoms with Crippen molar-refractivity contribution in [1.82, 2.24) is 9.97 Å². The van der Waals surface area contributed by atoms with Crippen molar-refractivity contribution in [1.29, 1.82) is 0 Å². The fraction of sp³-hybridized carbons (Fsp3) is 0.333. The minimum absolute atomic E-state index is 0.186. The lowest BCUT2D eigenvalue weighted by Gasteiger charge is -1.87. The van der Waals surface area contributed by atoms with Crippen molar-refractivity contribution < 1.29 is 4.74 Å². The van der Waals surface area contributed by atoms with Gasteiger partial charge < -0.3 is 4.74 Å². The van der Waals surface area contributed by atoms with Crippen LogP contribution in [-0.2, 0) is 4.74 Å². The maximum atomic E-state index is 4.97. The molecule has 1 fully saturated rings. The van der Waals surface area contributed by atoms with Gasteiger partial charge in [-0.25, -0.2) is 9.97 Å².